The molecular formula is C12H17N5O. The summed E-state index contributed by atoms with van der Waals surface area (Å²) in [7, 11) is 1.74. The maximum Gasteiger partial charge on any atom is 0.270 e. The van der Waals surface area contributed by atoms with Crippen LogP contribution in [0.15, 0.2) is 24.5 Å². The first kappa shape index (κ1) is 12.3. The molecule has 0 aliphatic carbocycles. The number of hydrogen-bond donors (Lipinski definition) is 1. The van der Waals surface area contributed by atoms with Gasteiger partial charge < -0.3 is 5.32 Å². The van der Waals surface area contributed by atoms with Gasteiger partial charge in [-0.25, -0.2) is 0 Å². The van der Waals surface area contributed by atoms with Gasteiger partial charge in [-0.2, -0.15) is 10.2 Å². The van der Waals surface area contributed by atoms with Crippen LogP contribution in [0.1, 0.15) is 36.1 Å². The van der Waals surface area contributed by atoms with E-state index in [9.17, 15) is 4.79 Å². The number of carbonyl (C=O) groups is 1. The Morgan fingerprint density at radius 2 is 2.28 bits per heavy atom. The number of hydrogen-bond acceptors (Lipinski definition) is 3. The fraction of sp³-hybridized carbons (Fsp3) is 0.417. The summed E-state index contributed by atoms with van der Waals surface area (Å²) in [5.74, 6) is -0.145. The molecule has 0 aromatic carbocycles. The standard InChI is InChI=1S/C12H17N5O/c1-4-17-8-6-10(15-17)9(2)14-12(18)11-5-7-13-16(11)3/h5-9H,4H2,1-3H3,(H,14,18). The van der Waals surface area contributed by atoms with Gasteiger partial charge in [0.2, 0.25) is 0 Å². The first-order valence-electron chi connectivity index (χ1n) is 5.94. The third kappa shape index (κ3) is 2.42. The third-order valence-electron chi connectivity index (χ3n) is 2.83. The van der Waals surface area contributed by atoms with E-state index in [1.807, 2.05) is 30.8 Å². The molecule has 0 radical (unpaired) electrons. The Bertz CT molecular complexity index is 542. The number of carbonyl (C=O) groups excluding carboxylic acids is 1. The highest BCUT2D eigenvalue weighted by atomic mass is 16.2. The smallest absolute Gasteiger partial charge is 0.270 e. The molecule has 2 rings (SSSR count). The van der Waals surface area contributed by atoms with Crippen molar-refractivity contribution in [2.45, 2.75) is 26.4 Å². The van der Waals surface area contributed by atoms with Crippen LogP contribution in [-0.2, 0) is 13.6 Å². The van der Waals surface area contributed by atoms with Crippen LogP contribution in [-0.4, -0.2) is 25.5 Å². The predicted molar refractivity (Wildman–Crippen MR) is 67.0 cm³/mol. The van der Waals surface area contributed by atoms with Crippen molar-refractivity contribution in [2.24, 2.45) is 7.05 Å². The van der Waals surface area contributed by atoms with Gasteiger partial charge in [-0.3, -0.25) is 14.2 Å². The molecule has 2 aromatic heterocycles. The largest absolute Gasteiger partial charge is 0.343 e. The summed E-state index contributed by atoms with van der Waals surface area (Å²) < 4.78 is 3.38. The molecule has 0 saturated carbocycles. The average molecular weight is 247 g/mol. The van der Waals surface area contributed by atoms with Gasteiger partial charge in [-0.05, 0) is 26.0 Å². The SMILES string of the molecule is CCn1ccc(C(C)NC(=O)c2ccnn2C)n1. The Labute approximate surface area is 106 Å². The second-order valence-electron chi connectivity index (χ2n) is 4.13. The predicted octanol–water partition coefficient (Wildman–Crippen LogP) is 1.13. The highest BCUT2D eigenvalue weighted by Crippen LogP contribution is 2.10. The van der Waals surface area contributed by atoms with Crippen molar-refractivity contribution in [3.63, 3.8) is 0 Å². The van der Waals surface area contributed by atoms with E-state index in [2.05, 4.69) is 15.5 Å². The molecule has 1 N–H and O–H groups in total. The lowest BCUT2D eigenvalue weighted by atomic mass is 10.2. The molecule has 0 aliphatic rings. The monoisotopic (exact) mass is 247 g/mol. The molecule has 0 aliphatic heterocycles. The Morgan fingerprint density at radius 3 is 2.83 bits per heavy atom. The normalized spacial score (nSPS) is 12.4. The lowest BCUT2D eigenvalue weighted by Gasteiger charge is -2.11. The molecule has 1 unspecified atom stereocenters. The topological polar surface area (TPSA) is 64.7 Å². The van der Waals surface area contributed by atoms with E-state index in [0.717, 1.165) is 12.2 Å². The zero-order chi connectivity index (χ0) is 13.1. The first-order valence-corrected chi connectivity index (χ1v) is 5.94. The summed E-state index contributed by atoms with van der Waals surface area (Å²) in [5.41, 5.74) is 1.39. The minimum Gasteiger partial charge on any atom is -0.343 e. The molecule has 96 valence electrons. The highest BCUT2D eigenvalue weighted by molar-refractivity contribution is 5.92. The van der Waals surface area contributed by atoms with Crippen LogP contribution in [0.5, 0.6) is 0 Å². The lowest BCUT2D eigenvalue weighted by molar-refractivity contribution is 0.0929. The second kappa shape index (κ2) is 5.03. The fourth-order valence-electron chi connectivity index (χ4n) is 1.73. The Morgan fingerprint density at radius 1 is 1.50 bits per heavy atom. The van der Waals surface area contributed by atoms with E-state index >= 15 is 0 Å². The molecule has 0 spiro atoms. The number of amides is 1. The summed E-state index contributed by atoms with van der Waals surface area (Å²) >= 11 is 0. The fourth-order valence-corrected chi connectivity index (χ4v) is 1.73. The summed E-state index contributed by atoms with van der Waals surface area (Å²) in [5, 5.41) is 11.2. The van der Waals surface area contributed by atoms with Crippen LogP contribution in [0.4, 0.5) is 0 Å². The second-order valence-corrected chi connectivity index (χ2v) is 4.13. The van der Waals surface area contributed by atoms with Crippen LogP contribution in [0, 0.1) is 0 Å². The van der Waals surface area contributed by atoms with E-state index in [1.165, 1.54) is 0 Å². The van der Waals surface area contributed by atoms with Gasteiger partial charge in [0.1, 0.15) is 5.69 Å². The van der Waals surface area contributed by atoms with Crippen LogP contribution in [0.2, 0.25) is 0 Å². The van der Waals surface area contributed by atoms with Crippen molar-refractivity contribution in [3.05, 3.63) is 35.9 Å². The molecule has 2 aromatic rings. The summed E-state index contributed by atoms with van der Waals surface area (Å²) in [4.78, 5) is 12.0. The Kier molecular flexibility index (Phi) is 3.45. The molecule has 0 saturated heterocycles. The summed E-state index contributed by atoms with van der Waals surface area (Å²) in [6.07, 6.45) is 3.51. The van der Waals surface area contributed by atoms with Crippen LogP contribution in [0.3, 0.4) is 0 Å². The van der Waals surface area contributed by atoms with Crippen molar-refractivity contribution >= 4 is 5.91 Å². The quantitative estimate of drug-likeness (QED) is 0.880. The number of rotatable bonds is 4. The number of aryl methyl sites for hydroxylation is 2. The van der Waals surface area contributed by atoms with Gasteiger partial charge >= 0.3 is 0 Å². The summed E-state index contributed by atoms with van der Waals surface area (Å²) in [6, 6.07) is 3.48. The zero-order valence-electron chi connectivity index (χ0n) is 10.8. The van der Waals surface area contributed by atoms with Crippen LogP contribution in [0.25, 0.3) is 0 Å². The minimum absolute atomic E-state index is 0.125. The van der Waals surface area contributed by atoms with Crippen molar-refractivity contribution in [3.8, 4) is 0 Å². The van der Waals surface area contributed by atoms with E-state index in [4.69, 9.17) is 0 Å². The number of nitrogens with one attached hydrogen (secondary N) is 1. The maximum absolute atomic E-state index is 12.0. The first-order chi connectivity index (χ1) is 8.61. The molecule has 6 nitrogen and oxygen atoms in total. The van der Waals surface area contributed by atoms with Gasteiger partial charge in [-0.1, -0.05) is 0 Å². The number of nitrogens with zero attached hydrogens (tertiary/aromatic N) is 4. The van der Waals surface area contributed by atoms with E-state index in [0.29, 0.717) is 5.69 Å². The van der Waals surface area contributed by atoms with Gasteiger partial charge in [0.15, 0.2) is 0 Å². The number of aromatic nitrogens is 4. The van der Waals surface area contributed by atoms with E-state index < -0.39 is 0 Å². The molecule has 1 atom stereocenters. The van der Waals surface area contributed by atoms with Gasteiger partial charge in [-0.15, -0.1) is 0 Å². The average Bonchev–Trinajstić information content (AvgIpc) is 2.96. The van der Waals surface area contributed by atoms with E-state index in [1.54, 1.807) is 24.0 Å². The zero-order valence-corrected chi connectivity index (χ0v) is 10.8. The molecule has 1 amide bonds. The molecule has 18 heavy (non-hydrogen) atoms. The molecule has 2 heterocycles. The van der Waals surface area contributed by atoms with Crippen LogP contribution < -0.4 is 5.32 Å². The van der Waals surface area contributed by atoms with Crippen molar-refractivity contribution in [2.75, 3.05) is 0 Å². The van der Waals surface area contributed by atoms with Gasteiger partial charge in [0, 0.05) is 26.0 Å². The lowest BCUT2D eigenvalue weighted by Crippen LogP contribution is -2.28. The van der Waals surface area contributed by atoms with Crippen LogP contribution >= 0.6 is 0 Å². The van der Waals surface area contributed by atoms with Crippen molar-refractivity contribution in [1.82, 2.24) is 24.9 Å². The highest BCUT2D eigenvalue weighted by Gasteiger charge is 2.15. The molecule has 6 heteroatoms. The Hall–Kier alpha value is -2.11. The third-order valence-corrected chi connectivity index (χ3v) is 2.83. The van der Waals surface area contributed by atoms with Crippen molar-refractivity contribution in [1.29, 1.82) is 0 Å². The van der Waals surface area contributed by atoms with Gasteiger partial charge in [0.25, 0.3) is 5.91 Å². The summed E-state index contributed by atoms with van der Waals surface area (Å²) in [6.45, 7) is 4.76. The molecule has 0 fully saturated rings. The van der Waals surface area contributed by atoms with Gasteiger partial charge in [0.05, 0.1) is 11.7 Å². The van der Waals surface area contributed by atoms with E-state index in [-0.39, 0.29) is 11.9 Å². The van der Waals surface area contributed by atoms with Crippen molar-refractivity contribution < 1.29 is 4.79 Å². The molecular weight excluding hydrogens is 230 g/mol. The molecule has 0 bridgehead atoms. The maximum atomic E-state index is 12.0. The minimum atomic E-state index is -0.145. The Balaban J connectivity index is 2.05.